The second-order valence-corrected chi connectivity index (χ2v) is 4.37. The summed E-state index contributed by atoms with van der Waals surface area (Å²) in [4.78, 5) is 25.6. The van der Waals surface area contributed by atoms with Gasteiger partial charge in [-0.25, -0.2) is 0 Å². The van der Waals surface area contributed by atoms with Crippen LogP contribution in [0, 0.1) is 0 Å². The quantitative estimate of drug-likeness (QED) is 0.414. The smallest absolute Gasteiger partial charge is 0.233 e. The average molecular weight is 306 g/mol. The summed E-state index contributed by atoms with van der Waals surface area (Å²) in [6.45, 7) is 1.86. The molecule has 0 radical (unpaired) electrons. The number of nitrogens with zero attached hydrogens (tertiary/aromatic N) is 7. The molecule has 2 aromatic heterocycles. The molecule has 0 amide bonds. The summed E-state index contributed by atoms with van der Waals surface area (Å²) in [7, 11) is 3.47. The minimum Gasteiger partial charge on any atom is -0.368 e. The van der Waals surface area contributed by atoms with Crippen molar-refractivity contribution in [1.82, 2.24) is 29.9 Å². The second-order valence-electron chi connectivity index (χ2n) is 4.37. The molecule has 1 unspecified atom stereocenters. The summed E-state index contributed by atoms with van der Waals surface area (Å²) in [6.07, 6.45) is -0.271. The first-order valence-electron chi connectivity index (χ1n) is 6.34. The van der Waals surface area contributed by atoms with Gasteiger partial charge in [-0.05, 0) is 6.92 Å². The first-order valence-corrected chi connectivity index (χ1v) is 6.34. The Morgan fingerprint density at radius 1 is 0.864 bits per heavy atom. The highest BCUT2D eigenvalue weighted by atomic mass is 15.4. The monoisotopic (exact) mass is 306 g/mol. The van der Waals surface area contributed by atoms with Crippen molar-refractivity contribution in [2.75, 3.05) is 46.8 Å². The van der Waals surface area contributed by atoms with E-state index < -0.39 is 0 Å². The van der Waals surface area contributed by atoms with Crippen molar-refractivity contribution in [3.63, 3.8) is 0 Å². The predicted molar refractivity (Wildman–Crippen MR) is 83.9 cm³/mol. The highest BCUT2D eigenvalue weighted by Crippen LogP contribution is 2.14. The Morgan fingerprint density at radius 2 is 1.41 bits per heavy atom. The van der Waals surface area contributed by atoms with Crippen LogP contribution < -0.4 is 32.7 Å². The maximum atomic E-state index is 5.65. The molecule has 0 aliphatic rings. The Morgan fingerprint density at radius 3 is 2.00 bits per heavy atom. The minimum absolute atomic E-state index is 0.0340. The maximum absolute atomic E-state index is 5.65. The molecular formula is C10H18N12. The molecule has 0 bridgehead atoms. The van der Waals surface area contributed by atoms with Crippen LogP contribution in [0.3, 0.4) is 0 Å². The number of nitrogens with two attached hydrogens (primary N) is 3. The Hall–Kier alpha value is -3.18. The Bertz CT molecular complexity index is 638. The van der Waals surface area contributed by atoms with Crippen molar-refractivity contribution >= 4 is 35.7 Å². The van der Waals surface area contributed by atoms with Gasteiger partial charge in [0.2, 0.25) is 35.7 Å². The summed E-state index contributed by atoms with van der Waals surface area (Å²) >= 11 is 0. The second kappa shape index (κ2) is 6.07. The highest BCUT2D eigenvalue weighted by Gasteiger charge is 2.16. The number of nitrogen functional groups attached to an aromatic ring is 3. The zero-order valence-corrected chi connectivity index (χ0v) is 12.4. The molecule has 1 atom stereocenters. The summed E-state index contributed by atoms with van der Waals surface area (Å²) < 4.78 is 0. The molecule has 0 aliphatic heterocycles. The van der Waals surface area contributed by atoms with Crippen LogP contribution in [0.1, 0.15) is 6.92 Å². The number of hydrogen-bond acceptors (Lipinski definition) is 12. The molecule has 2 heterocycles. The third kappa shape index (κ3) is 3.47. The molecule has 0 aliphatic carbocycles. The number of anilines is 6. The molecule has 0 spiro atoms. The molecular weight excluding hydrogens is 288 g/mol. The Kier molecular flexibility index (Phi) is 4.20. The predicted octanol–water partition coefficient (Wildman–Crippen LogP) is -1.26. The average Bonchev–Trinajstić information content (AvgIpc) is 2.44. The Balaban J connectivity index is 2.18. The van der Waals surface area contributed by atoms with Gasteiger partial charge in [0.05, 0.1) is 0 Å². The van der Waals surface area contributed by atoms with Gasteiger partial charge in [0.1, 0.15) is 6.17 Å². The van der Waals surface area contributed by atoms with E-state index in [-0.39, 0.29) is 30.0 Å². The van der Waals surface area contributed by atoms with Crippen LogP contribution in [0.2, 0.25) is 0 Å². The molecule has 2 aromatic rings. The van der Waals surface area contributed by atoms with Crippen molar-refractivity contribution in [1.29, 1.82) is 0 Å². The molecule has 8 N–H and O–H groups in total. The number of rotatable bonds is 5. The molecule has 0 saturated carbocycles. The largest absolute Gasteiger partial charge is 0.368 e. The van der Waals surface area contributed by atoms with E-state index >= 15 is 0 Å². The minimum atomic E-state index is -0.271. The topological polar surface area (TPSA) is 183 Å². The molecule has 12 heteroatoms. The van der Waals surface area contributed by atoms with Gasteiger partial charge < -0.3 is 32.7 Å². The zero-order valence-electron chi connectivity index (χ0n) is 12.4. The van der Waals surface area contributed by atoms with E-state index in [0.717, 1.165) is 0 Å². The summed E-state index contributed by atoms with van der Waals surface area (Å²) in [5.41, 5.74) is 16.7. The van der Waals surface area contributed by atoms with Crippen LogP contribution in [0.15, 0.2) is 0 Å². The van der Waals surface area contributed by atoms with Crippen molar-refractivity contribution in [2.24, 2.45) is 0 Å². The molecule has 0 fully saturated rings. The van der Waals surface area contributed by atoms with Gasteiger partial charge in [0.15, 0.2) is 0 Å². The normalized spacial score (nSPS) is 11.8. The van der Waals surface area contributed by atoms with Gasteiger partial charge in [-0.3, -0.25) is 0 Å². The van der Waals surface area contributed by atoms with Gasteiger partial charge in [0, 0.05) is 14.1 Å². The number of hydrogen-bond donors (Lipinski definition) is 5. The molecule has 118 valence electrons. The van der Waals surface area contributed by atoms with E-state index in [2.05, 4.69) is 40.5 Å². The molecule has 12 nitrogen and oxygen atoms in total. The fourth-order valence-electron chi connectivity index (χ4n) is 1.58. The summed E-state index contributed by atoms with van der Waals surface area (Å²) in [5.74, 6) is 1.18. The van der Waals surface area contributed by atoms with E-state index in [1.165, 1.54) is 0 Å². The first-order chi connectivity index (χ1) is 10.4. The summed E-state index contributed by atoms with van der Waals surface area (Å²) in [5, 5.41) is 5.83. The standard InChI is InChI=1S/C10H18N12/c1-4(15-9-18-5(11)16-6(12)19-9)22(3)10-20-7(13)17-8(14-2)21-10/h4H,1-3H3,(H3,13,14,17,20,21)(H5,11,12,15,16,18,19). The van der Waals surface area contributed by atoms with E-state index in [1.807, 2.05) is 6.92 Å². The lowest BCUT2D eigenvalue weighted by Gasteiger charge is -2.25. The first kappa shape index (κ1) is 15.2. The van der Waals surface area contributed by atoms with Crippen LogP contribution in [0.25, 0.3) is 0 Å². The van der Waals surface area contributed by atoms with Crippen LogP contribution >= 0.6 is 0 Å². The number of aromatic nitrogens is 6. The van der Waals surface area contributed by atoms with Gasteiger partial charge in [-0.2, -0.15) is 29.9 Å². The van der Waals surface area contributed by atoms with Crippen molar-refractivity contribution in [2.45, 2.75) is 13.1 Å². The van der Waals surface area contributed by atoms with Crippen molar-refractivity contribution in [3.8, 4) is 0 Å². The van der Waals surface area contributed by atoms with E-state index in [4.69, 9.17) is 17.2 Å². The van der Waals surface area contributed by atoms with Crippen molar-refractivity contribution < 1.29 is 0 Å². The lowest BCUT2D eigenvalue weighted by Crippen LogP contribution is -2.37. The molecule has 0 aromatic carbocycles. The van der Waals surface area contributed by atoms with E-state index in [9.17, 15) is 0 Å². The fourth-order valence-corrected chi connectivity index (χ4v) is 1.58. The maximum Gasteiger partial charge on any atom is 0.233 e. The molecule has 22 heavy (non-hydrogen) atoms. The van der Waals surface area contributed by atoms with Crippen LogP contribution in [-0.4, -0.2) is 50.2 Å². The van der Waals surface area contributed by atoms with Gasteiger partial charge in [-0.15, -0.1) is 0 Å². The van der Waals surface area contributed by atoms with Crippen LogP contribution in [0.5, 0.6) is 0 Å². The van der Waals surface area contributed by atoms with Gasteiger partial charge >= 0.3 is 0 Å². The summed E-state index contributed by atoms with van der Waals surface area (Å²) in [6, 6.07) is 0. The van der Waals surface area contributed by atoms with E-state index in [1.54, 1.807) is 19.0 Å². The lowest BCUT2D eigenvalue weighted by molar-refractivity contribution is 0.731. The highest BCUT2D eigenvalue weighted by molar-refractivity contribution is 5.44. The molecule has 0 saturated heterocycles. The van der Waals surface area contributed by atoms with Crippen LogP contribution in [0.4, 0.5) is 35.7 Å². The van der Waals surface area contributed by atoms with Gasteiger partial charge in [-0.1, -0.05) is 0 Å². The van der Waals surface area contributed by atoms with Crippen LogP contribution in [-0.2, 0) is 0 Å². The SMILES string of the molecule is CNc1nc(N)nc(N(C)C(C)Nc2nc(N)nc(N)n2)n1. The van der Waals surface area contributed by atoms with Gasteiger partial charge in [0.25, 0.3) is 0 Å². The fraction of sp³-hybridized carbons (Fsp3) is 0.400. The third-order valence-electron chi connectivity index (χ3n) is 2.77. The number of nitrogens with one attached hydrogen (secondary N) is 2. The zero-order chi connectivity index (χ0) is 16.3. The van der Waals surface area contributed by atoms with E-state index in [0.29, 0.717) is 11.9 Å². The van der Waals surface area contributed by atoms with Crippen molar-refractivity contribution in [3.05, 3.63) is 0 Å². The lowest BCUT2D eigenvalue weighted by atomic mass is 10.5. The Labute approximate surface area is 126 Å². The third-order valence-corrected chi connectivity index (χ3v) is 2.77. The molecule has 2 rings (SSSR count).